The van der Waals surface area contributed by atoms with Crippen molar-refractivity contribution in [3.8, 4) is 0 Å². The number of hydrogen-bond acceptors (Lipinski definition) is 8. The fourth-order valence-corrected chi connectivity index (χ4v) is 4.50. The molecule has 9 nitrogen and oxygen atoms in total. The number of anilines is 1. The maximum Gasteiger partial charge on any atom is 0.347 e. The monoisotopic (exact) mass is 385 g/mol. The molecule has 0 saturated carbocycles. The summed E-state index contributed by atoms with van der Waals surface area (Å²) in [6.07, 6.45) is 0.0296. The van der Waals surface area contributed by atoms with E-state index in [1.165, 1.54) is 0 Å². The second-order valence-corrected chi connectivity index (χ2v) is 7.78. The van der Waals surface area contributed by atoms with Crippen LogP contribution in [0.4, 0.5) is 5.69 Å². The molecule has 1 aromatic rings. The van der Waals surface area contributed by atoms with E-state index in [2.05, 4.69) is 0 Å². The second kappa shape index (κ2) is 7.99. The van der Waals surface area contributed by atoms with Crippen LogP contribution in [0.25, 0.3) is 0 Å². The Morgan fingerprint density at radius 2 is 1.62 bits per heavy atom. The van der Waals surface area contributed by atoms with Gasteiger partial charge in [-0.3, -0.25) is 19.1 Å². The molecule has 0 bridgehead atoms. The molecule has 0 radical (unpaired) electrons. The normalized spacial score (nSPS) is 16.0. The highest BCUT2D eigenvalue weighted by molar-refractivity contribution is 7.55. The topological polar surface area (TPSA) is 108 Å². The highest BCUT2D eigenvalue weighted by atomic mass is 31.2. The van der Waals surface area contributed by atoms with Crippen LogP contribution in [-0.2, 0) is 43.9 Å². The van der Waals surface area contributed by atoms with Crippen LogP contribution in [0.15, 0.2) is 24.3 Å². The Labute approximate surface area is 150 Å². The van der Waals surface area contributed by atoms with E-state index < -0.39 is 37.1 Å². The summed E-state index contributed by atoms with van der Waals surface area (Å²) in [6.45, 7) is 0. The summed E-state index contributed by atoms with van der Waals surface area (Å²) < 4.78 is 32.3. The summed E-state index contributed by atoms with van der Waals surface area (Å²) in [7, 11) is 0.175. The number of rotatable bonds is 7. The zero-order valence-corrected chi connectivity index (χ0v) is 15.7. The number of para-hydroxylation sites is 1. The maximum absolute atomic E-state index is 13.0. The number of hydrogen-bond donors (Lipinski definition) is 0. The molecule has 10 heteroatoms. The van der Waals surface area contributed by atoms with Crippen molar-refractivity contribution in [2.45, 2.75) is 18.1 Å². The molecule has 0 N–H and O–H groups in total. The third-order valence-corrected chi connectivity index (χ3v) is 6.37. The van der Waals surface area contributed by atoms with Gasteiger partial charge in [0.2, 0.25) is 5.91 Å². The van der Waals surface area contributed by atoms with Gasteiger partial charge in [0.1, 0.15) is 0 Å². The fourth-order valence-electron chi connectivity index (χ4n) is 2.93. The largest absolute Gasteiger partial charge is 0.468 e. The molecule has 1 aromatic carbocycles. The predicted octanol–water partition coefficient (Wildman–Crippen LogP) is 1.14. The Bertz CT molecular complexity index is 756. The van der Waals surface area contributed by atoms with E-state index in [-0.39, 0.29) is 6.42 Å². The number of amides is 1. The van der Waals surface area contributed by atoms with Crippen LogP contribution in [0.3, 0.4) is 0 Å². The molecule has 142 valence electrons. The van der Waals surface area contributed by atoms with Gasteiger partial charge in [0.05, 0.1) is 20.6 Å². The second-order valence-electron chi connectivity index (χ2n) is 5.41. The van der Waals surface area contributed by atoms with Gasteiger partial charge in [0.15, 0.2) is 11.7 Å². The van der Waals surface area contributed by atoms with Crippen LogP contribution in [0, 0.1) is 0 Å². The lowest BCUT2D eigenvalue weighted by Crippen LogP contribution is -2.54. The SMILES string of the molecule is COC(=O)[C@@H]([C@H](C(=O)OC)P(=O)(OC)OC)N1C(=O)Cc2ccccc21. The van der Waals surface area contributed by atoms with E-state index in [0.717, 1.165) is 33.3 Å². The van der Waals surface area contributed by atoms with E-state index in [1.54, 1.807) is 24.3 Å². The molecule has 1 aliphatic rings. The molecule has 0 unspecified atom stereocenters. The van der Waals surface area contributed by atoms with Gasteiger partial charge < -0.3 is 18.5 Å². The van der Waals surface area contributed by atoms with Gasteiger partial charge in [-0.2, -0.15) is 0 Å². The first kappa shape index (κ1) is 20.1. The molecular formula is C16H20NO8P. The summed E-state index contributed by atoms with van der Waals surface area (Å²) in [5.74, 6) is -2.42. The van der Waals surface area contributed by atoms with Gasteiger partial charge in [0, 0.05) is 19.9 Å². The number of benzene rings is 1. The first-order chi connectivity index (χ1) is 12.3. The minimum atomic E-state index is -4.15. The zero-order valence-electron chi connectivity index (χ0n) is 14.8. The number of ether oxygens (including phenoxy) is 2. The van der Waals surface area contributed by atoms with Gasteiger partial charge in [-0.05, 0) is 11.6 Å². The molecule has 0 spiro atoms. The average Bonchev–Trinajstić information content (AvgIpc) is 2.99. The minimum absolute atomic E-state index is 0.0296. The molecule has 0 saturated heterocycles. The van der Waals surface area contributed by atoms with Gasteiger partial charge in [-0.1, -0.05) is 18.2 Å². The van der Waals surface area contributed by atoms with E-state index >= 15 is 0 Å². The molecule has 0 aromatic heterocycles. The first-order valence-corrected chi connectivity index (χ1v) is 9.22. The van der Waals surface area contributed by atoms with Crippen molar-refractivity contribution < 1.29 is 37.5 Å². The molecule has 2 rings (SSSR count). The van der Waals surface area contributed by atoms with E-state index in [4.69, 9.17) is 18.5 Å². The van der Waals surface area contributed by atoms with Crippen LogP contribution in [0.2, 0.25) is 0 Å². The fraction of sp³-hybridized carbons (Fsp3) is 0.438. The van der Waals surface area contributed by atoms with Gasteiger partial charge in [-0.15, -0.1) is 0 Å². The zero-order chi connectivity index (χ0) is 19.5. The summed E-state index contributed by atoms with van der Waals surface area (Å²) in [5.41, 5.74) is -0.634. The Hall–Kier alpha value is -2.22. The average molecular weight is 385 g/mol. The number of carbonyl (C=O) groups is 3. The minimum Gasteiger partial charge on any atom is -0.468 e. The number of carbonyl (C=O) groups excluding carboxylic acids is 3. The summed E-state index contributed by atoms with van der Waals surface area (Å²) in [5, 5.41) is 0. The van der Waals surface area contributed by atoms with Gasteiger partial charge in [0.25, 0.3) is 0 Å². The van der Waals surface area contributed by atoms with Crippen LogP contribution in [-0.4, -0.2) is 58.0 Å². The smallest absolute Gasteiger partial charge is 0.347 e. The number of esters is 2. The molecule has 1 heterocycles. The van der Waals surface area contributed by atoms with Crippen molar-refractivity contribution in [1.82, 2.24) is 0 Å². The standard InChI is InChI=1S/C16H20NO8P/c1-22-15(19)13(14(16(20)23-2)26(21,24-3)25-4)17-11-8-6-5-7-10(11)9-12(17)18/h5-8,13-14H,9H2,1-4H3/t13-,14-/m1/s1. The van der Waals surface area contributed by atoms with E-state index in [0.29, 0.717) is 11.3 Å². The molecule has 1 amide bonds. The molecule has 2 atom stereocenters. The lowest BCUT2D eigenvalue weighted by molar-refractivity contribution is -0.149. The van der Waals surface area contributed by atoms with E-state index in [9.17, 15) is 18.9 Å². The van der Waals surface area contributed by atoms with Crippen molar-refractivity contribution >= 4 is 31.1 Å². The lowest BCUT2D eigenvalue weighted by atomic mass is 10.1. The molecule has 26 heavy (non-hydrogen) atoms. The molecule has 0 fully saturated rings. The van der Waals surface area contributed by atoms with Crippen molar-refractivity contribution in [2.24, 2.45) is 0 Å². The van der Waals surface area contributed by atoms with Crippen molar-refractivity contribution in [2.75, 3.05) is 33.3 Å². The Morgan fingerprint density at radius 3 is 2.15 bits per heavy atom. The van der Waals surface area contributed by atoms with E-state index in [1.807, 2.05) is 0 Å². The lowest BCUT2D eigenvalue weighted by Gasteiger charge is -2.33. The Kier molecular flexibility index (Phi) is 6.17. The third-order valence-electron chi connectivity index (χ3n) is 4.17. The van der Waals surface area contributed by atoms with Crippen molar-refractivity contribution in [3.05, 3.63) is 29.8 Å². The van der Waals surface area contributed by atoms with Gasteiger partial charge >= 0.3 is 19.5 Å². The molecular weight excluding hydrogens is 365 g/mol. The number of fused-ring (bicyclic) bond motifs is 1. The summed E-state index contributed by atoms with van der Waals surface area (Å²) in [6, 6.07) is 5.19. The van der Waals surface area contributed by atoms with Crippen molar-refractivity contribution in [3.63, 3.8) is 0 Å². The quantitative estimate of drug-likeness (QED) is 0.508. The van der Waals surface area contributed by atoms with Crippen molar-refractivity contribution in [1.29, 1.82) is 0 Å². The maximum atomic E-state index is 13.0. The Balaban J connectivity index is 2.66. The Morgan fingerprint density at radius 1 is 1.04 bits per heavy atom. The third kappa shape index (κ3) is 3.38. The van der Waals surface area contributed by atoms with Crippen LogP contribution >= 0.6 is 7.60 Å². The summed E-state index contributed by atoms with van der Waals surface area (Å²) >= 11 is 0. The summed E-state index contributed by atoms with van der Waals surface area (Å²) in [4.78, 5) is 38.6. The number of nitrogens with zero attached hydrogens (tertiary/aromatic N) is 1. The highest BCUT2D eigenvalue weighted by Gasteiger charge is 2.55. The highest BCUT2D eigenvalue weighted by Crippen LogP contribution is 2.55. The predicted molar refractivity (Wildman–Crippen MR) is 90.9 cm³/mol. The van der Waals surface area contributed by atoms with Crippen LogP contribution in [0.5, 0.6) is 0 Å². The van der Waals surface area contributed by atoms with Crippen LogP contribution < -0.4 is 4.90 Å². The molecule has 1 aliphatic heterocycles. The van der Waals surface area contributed by atoms with Gasteiger partial charge in [-0.25, -0.2) is 4.79 Å². The van der Waals surface area contributed by atoms with Crippen LogP contribution in [0.1, 0.15) is 5.56 Å². The first-order valence-electron chi connectivity index (χ1n) is 7.61. The molecule has 0 aliphatic carbocycles. The number of methoxy groups -OCH3 is 2.